The van der Waals surface area contributed by atoms with Gasteiger partial charge in [-0.05, 0) is 31.1 Å². The topological polar surface area (TPSA) is 29.5 Å². The molecule has 1 aliphatic rings. The minimum atomic E-state index is -1.70. The molecule has 24 heavy (non-hydrogen) atoms. The molecule has 0 spiro atoms. The highest BCUT2D eigenvalue weighted by Gasteiger charge is 2.33. The second kappa shape index (κ2) is 6.61. The van der Waals surface area contributed by atoms with Crippen molar-refractivity contribution in [2.24, 2.45) is 11.3 Å². The molecule has 1 saturated heterocycles. The first-order valence-electron chi connectivity index (χ1n) is 7.83. The average molecular weight is 347 g/mol. The van der Waals surface area contributed by atoms with Crippen LogP contribution in [0.5, 0.6) is 5.75 Å². The Morgan fingerprint density at radius 1 is 1.00 bits per heavy atom. The van der Waals surface area contributed by atoms with Gasteiger partial charge in [0.25, 0.3) is 0 Å². The average Bonchev–Trinajstić information content (AvgIpc) is 2.54. The van der Waals surface area contributed by atoms with Crippen LogP contribution in [-0.2, 0) is 0 Å². The van der Waals surface area contributed by atoms with E-state index in [0.29, 0.717) is 19.0 Å². The van der Waals surface area contributed by atoms with E-state index in [-0.39, 0.29) is 5.41 Å². The normalized spacial score (nSPS) is 16.4. The van der Waals surface area contributed by atoms with Gasteiger partial charge in [-0.3, -0.25) is 0 Å². The van der Waals surface area contributed by atoms with Crippen molar-refractivity contribution in [3.8, 4) is 5.75 Å². The third-order valence-corrected chi connectivity index (χ3v) is 4.61. The Balaban J connectivity index is 2.12. The van der Waals surface area contributed by atoms with E-state index in [1.807, 2.05) is 0 Å². The van der Waals surface area contributed by atoms with Crippen molar-refractivity contribution in [2.75, 3.05) is 13.1 Å². The monoisotopic (exact) mass is 347 g/mol. The predicted molar refractivity (Wildman–Crippen MR) is 80.8 cm³/mol. The molecule has 1 aliphatic heterocycles. The largest absolute Gasteiger partial charge is 0.415 e. The van der Waals surface area contributed by atoms with Gasteiger partial charge in [-0.25, -0.2) is 13.6 Å². The molecule has 7 heteroatoms. The SMILES string of the molecule is Cc1c(F)c(F)c(OC(=O)N2CCC(C(C)(C)C)CC2)c(F)c1F. The van der Waals surface area contributed by atoms with E-state index in [9.17, 15) is 22.4 Å². The van der Waals surface area contributed by atoms with Crippen LogP contribution < -0.4 is 4.74 Å². The lowest BCUT2D eigenvalue weighted by Gasteiger charge is -2.38. The van der Waals surface area contributed by atoms with E-state index < -0.39 is 40.7 Å². The fraction of sp³-hybridized carbons (Fsp3) is 0.588. The van der Waals surface area contributed by atoms with Crippen LogP contribution in [-0.4, -0.2) is 24.1 Å². The van der Waals surface area contributed by atoms with Gasteiger partial charge in [0.1, 0.15) is 0 Å². The van der Waals surface area contributed by atoms with Crippen LogP contribution in [0.2, 0.25) is 0 Å². The van der Waals surface area contributed by atoms with E-state index in [1.54, 1.807) is 0 Å². The lowest BCUT2D eigenvalue weighted by atomic mass is 9.75. The summed E-state index contributed by atoms with van der Waals surface area (Å²) >= 11 is 0. The quantitative estimate of drug-likeness (QED) is 0.539. The van der Waals surface area contributed by atoms with Crippen LogP contribution in [0.4, 0.5) is 22.4 Å². The Hall–Kier alpha value is -1.79. The van der Waals surface area contributed by atoms with Crippen molar-refractivity contribution in [2.45, 2.75) is 40.5 Å². The zero-order chi connectivity index (χ0) is 18.2. The fourth-order valence-corrected chi connectivity index (χ4v) is 2.89. The first-order chi connectivity index (χ1) is 11.0. The molecule has 0 atom stereocenters. The van der Waals surface area contributed by atoms with Gasteiger partial charge in [-0.15, -0.1) is 0 Å². The smallest absolute Gasteiger partial charge is 0.404 e. The molecule has 0 N–H and O–H groups in total. The molecule has 0 bridgehead atoms. The molecule has 1 heterocycles. The zero-order valence-electron chi connectivity index (χ0n) is 14.2. The van der Waals surface area contributed by atoms with Crippen molar-refractivity contribution < 1.29 is 27.1 Å². The van der Waals surface area contributed by atoms with E-state index in [1.165, 1.54) is 4.90 Å². The summed E-state index contributed by atoms with van der Waals surface area (Å²) in [6, 6.07) is 0. The van der Waals surface area contributed by atoms with Crippen molar-refractivity contribution in [3.05, 3.63) is 28.8 Å². The first-order valence-corrected chi connectivity index (χ1v) is 7.83. The van der Waals surface area contributed by atoms with Gasteiger partial charge in [-0.1, -0.05) is 20.8 Å². The Kier molecular flexibility index (Phi) is 5.11. The molecule has 1 fully saturated rings. The number of hydrogen-bond donors (Lipinski definition) is 0. The van der Waals surface area contributed by atoms with Crippen LogP contribution in [0.3, 0.4) is 0 Å². The molecule has 134 valence electrons. The second-order valence-corrected chi connectivity index (χ2v) is 7.21. The highest BCUT2D eigenvalue weighted by atomic mass is 19.2. The highest BCUT2D eigenvalue weighted by molar-refractivity contribution is 5.71. The summed E-state index contributed by atoms with van der Waals surface area (Å²) in [5.74, 6) is -7.47. The number of ether oxygens (including phenoxy) is 1. The number of halogens is 4. The lowest BCUT2D eigenvalue weighted by molar-refractivity contribution is 0.0975. The van der Waals surface area contributed by atoms with E-state index in [2.05, 4.69) is 25.5 Å². The number of carbonyl (C=O) groups is 1. The Bertz CT molecular complexity index is 618. The number of benzene rings is 1. The van der Waals surface area contributed by atoms with Crippen LogP contribution in [0.25, 0.3) is 0 Å². The highest BCUT2D eigenvalue weighted by Crippen LogP contribution is 2.35. The molecular formula is C17H21F4NO2. The molecule has 3 nitrogen and oxygen atoms in total. The number of nitrogens with zero attached hydrogens (tertiary/aromatic N) is 1. The van der Waals surface area contributed by atoms with Crippen LogP contribution in [0.1, 0.15) is 39.2 Å². The molecule has 0 radical (unpaired) electrons. The third-order valence-electron chi connectivity index (χ3n) is 4.61. The maximum atomic E-state index is 13.8. The zero-order valence-corrected chi connectivity index (χ0v) is 14.2. The lowest BCUT2D eigenvalue weighted by Crippen LogP contribution is -2.42. The summed E-state index contributed by atoms with van der Waals surface area (Å²) in [6.07, 6.45) is 0.434. The molecule has 1 amide bonds. The molecule has 0 aliphatic carbocycles. The molecule has 2 rings (SSSR count). The summed E-state index contributed by atoms with van der Waals surface area (Å²) in [5, 5.41) is 0. The number of carbonyl (C=O) groups excluding carboxylic acids is 1. The third kappa shape index (κ3) is 3.49. The molecule has 0 saturated carbocycles. The minimum Gasteiger partial charge on any atom is -0.404 e. The maximum absolute atomic E-state index is 13.8. The summed E-state index contributed by atoms with van der Waals surface area (Å²) in [5.41, 5.74) is -0.701. The van der Waals surface area contributed by atoms with Crippen LogP contribution in [0, 0.1) is 41.5 Å². The number of amides is 1. The number of rotatable bonds is 1. The Labute approximate surface area is 138 Å². The van der Waals surface area contributed by atoms with Gasteiger partial charge in [0.2, 0.25) is 17.4 Å². The molecular weight excluding hydrogens is 326 g/mol. The van der Waals surface area contributed by atoms with Crippen molar-refractivity contribution in [3.63, 3.8) is 0 Å². The standard InChI is InChI=1S/C17H21F4NO2/c1-9-11(18)13(20)15(14(21)12(9)19)24-16(23)22-7-5-10(6-8-22)17(2,3)4/h10H,5-8H2,1-4H3. The van der Waals surface area contributed by atoms with Crippen molar-refractivity contribution >= 4 is 6.09 Å². The Morgan fingerprint density at radius 3 is 1.88 bits per heavy atom. The molecule has 0 unspecified atom stereocenters. The molecule has 1 aromatic carbocycles. The van der Waals surface area contributed by atoms with Crippen molar-refractivity contribution in [1.29, 1.82) is 0 Å². The van der Waals surface area contributed by atoms with Crippen LogP contribution >= 0.6 is 0 Å². The number of hydrogen-bond acceptors (Lipinski definition) is 2. The Morgan fingerprint density at radius 2 is 1.46 bits per heavy atom. The van der Waals surface area contributed by atoms with Crippen LogP contribution in [0.15, 0.2) is 0 Å². The van der Waals surface area contributed by atoms with Gasteiger partial charge < -0.3 is 9.64 Å². The molecule has 1 aromatic rings. The summed E-state index contributed by atoms with van der Waals surface area (Å²) in [6.45, 7) is 7.94. The number of piperidine rings is 1. The number of likely N-dealkylation sites (tertiary alicyclic amines) is 1. The van der Waals surface area contributed by atoms with E-state index in [4.69, 9.17) is 0 Å². The van der Waals surface area contributed by atoms with E-state index >= 15 is 0 Å². The molecule has 0 aromatic heterocycles. The van der Waals surface area contributed by atoms with Crippen molar-refractivity contribution in [1.82, 2.24) is 4.90 Å². The second-order valence-electron chi connectivity index (χ2n) is 7.21. The van der Waals surface area contributed by atoms with Gasteiger partial charge in [-0.2, -0.15) is 8.78 Å². The summed E-state index contributed by atoms with van der Waals surface area (Å²) in [7, 11) is 0. The van der Waals surface area contributed by atoms with Gasteiger partial charge in [0.15, 0.2) is 11.6 Å². The van der Waals surface area contributed by atoms with Gasteiger partial charge in [0.05, 0.1) is 0 Å². The first kappa shape index (κ1) is 18.5. The van der Waals surface area contributed by atoms with Gasteiger partial charge in [0, 0.05) is 18.7 Å². The fourth-order valence-electron chi connectivity index (χ4n) is 2.89. The summed E-state index contributed by atoms with van der Waals surface area (Å²) < 4.78 is 59.2. The maximum Gasteiger partial charge on any atom is 0.415 e. The minimum absolute atomic E-state index is 0.0947. The predicted octanol–water partition coefficient (Wildman–Crippen LogP) is 4.81. The van der Waals surface area contributed by atoms with E-state index in [0.717, 1.165) is 19.8 Å². The summed E-state index contributed by atoms with van der Waals surface area (Å²) in [4.78, 5) is 13.3. The van der Waals surface area contributed by atoms with Gasteiger partial charge >= 0.3 is 6.09 Å².